The monoisotopic (exact) mass is 261 g/mol. The first-order chi connectivity index (χ1) is 9.27. The molecule has 1 aliphatic rings. The van der Waals surface area contributed by atoms with Gasteiger partial charge in [0.15, 0.2) is 0 Å². The topological polar surface area (TPSA) is 44.4 Å². The van der Waals surface area contributed by atoms with Gasteiger partial charge in [0.25, 0.3) is 0 Å². The van der Waals surface area contributed by atoms with Gasteiger partial charge in [-0.05, 0) is 31.5 Å². The number of hydrogen-bond donors (Lipinski definition) is 2. The van der Waals surface area contributed by atoms with E-state index in [9.17, 15) is 4.79 Å². The van der Waals surface area contributed by atoms with Gasteiger partial charge in [0.05, 0.1) is 5.69 Å². The molecule has 0 aromatic heterocycles. The van der Waals surface area contributed by atoms with Crippen molar-refractivity contribution in [2.45, 2.75) is 32.2 Å². The van der Waals surface area contributed by atoms with Crippen LogP contribution in [-0.4, -0.2) is 26.2 Å². The van der Waals surface area contributed by atoms with Crippen LogP contribution in [0.3, 0.4) is 0 Å². The Morgan fingerprint density at radius 1 is 1.42 bits per heavy atom. The fourth-order valence-corrected chi connectivity index (χ4v) is 2.54. The summed E-state index contributed by atoms with van der Waals surface area (Å²) in [6.07, 6.45) is 3.08. The summed E-state index contributed by atoms with van der Waals surface area (Å²) in [5.41, 5.74) is 2.24. The van der Waals surface area contributed by atoms with Crippen LogP contribution in [0.5, 0.6) is 0 Å². The molecule has 1 aromatic carbocycles. The third-order valence-corrected chi connectivity index (χ3v) is 3.64. The fraction of sp³-hybridized carbons (Fsp3) is 0.533. The number of amides is 2. The molecule has 0 aliphatic carbocycles. The third kappa shape index (κ3) is 3.07. The number of fused-ring (bicyclic) bond motifs is 1. The Morgan fingerprint density at radius 3 is 2.95 bits per heavy atom. The highest BCUT2D eigenvalue weighted by Crippen LogP contribution is 2.33. The molecule has 4 heteroatoms. The van der Waals surface area contributed by atoms with Gasteiger partial charge in [0.2, 0.25) is 0 Å². The largest absolute Gasteiger partial charge is 0.338 e. The number of rotatable bonds is 4. The quantitative estimate of drug-likeness (QED) is 0.818. The predicted molar refractivity (Wildman–Crippen MR) is 78.5 cm³/mol. The molecule has 2 amide bonds. The molecule has 1 unspecified atom stereocenters. The number of carbonyl (C=O) groups is 1. The highest BCUT2D eigenvalue weighted by molar-refractivity contribution is 5.93. The Labute approximate surface area is 115 Å². The number of benzene rings is 1. The van der Waals surface area contributed by atoms with Gasteiger partial charge in [0.1, 0.15) is 0 Å². The van der Waals surface area contributed by atoms with Crippen LogP contribution in [0.15, 0.2) is 24.3 Å². The molecule has 0 saturated carbocycles. The van der Waals surface area contributed by atoms with Crippen LogP contribution in [0, 0.1) is 0 Å². The SMILES string of the molecule is CCCCNC(=O)N1CCC(NC)c2ccccc21. The van der Waals surface area contributed by atoms with E-state index in [0.717, 1.165) is 38.0 Å². The molecule has 1 aliphatic heterocycles. The standard InChI is InChI=1S/C15H23N3O/c1-3-4-10-17-15(19)18-11-9-13(16-2)12-7-5-6-8-14(12)18/h5-8,13,16H,3-4,9-11H2,1-2H3,(H,17,19). The summed E-state index contributed by atoms with van der Waals surface area (Å²) >= 11 is 0. The molecule has 4 nitrogen and oxygen atoms in total. The molecular formula is C15H23N3O. The maximum atomic E-state index is 12.2. The Morgan fingerprint density at radius 2 is 2.21 bits per heavy atom. The second-order valence-electron chi connectivity index (χ2n) is 4.93. The van der Waals surface area contributed by atoms with Crippen molar-refractivity contribution in [1.29, 1.82) is 0 Å². The van der Waals surface area contributed by atoms with E-state index in [1.54, 1.807) is 0 Å². The van der Waals surface area contributed by atoms with Crippen molar-refractivity contribution in [3.05, 3.63) is 29.8 Å². The van der Waals surface area contributed by atoms with Crippen molar-refractivity contribution in [2.75, 3.05) is 25.0 Å². The number of urea groups is 1. The highest BCUT2D eigenvalue weighted by atomic mass is 16.2. The summed E-state index contributed by atoms with van der Waals surface area (Å²) in [4.78, 5) is 14.1. The van der Waals surface area contributed by atoms with Gasteiger partial charge in [0, 0.05) is 19.1 Å². The van der Waals surface area contributed by atoms with Crippen molar-refractivity contribution in [3.8, 4) is 0 Å². The molecule has 2 N–H and O–H groups in total. The van der Waals surface area contributed by atoms with Crippen LogP contribution in [0.4, 0.5) is 10.5 Å². The Balaban J connectivity index is 2.13. The predicted octanol–water partition coefficient (Wildman–Crippen LogP) is 2.67. The molecule has 1 atom stereocenters. The van der Waals surface area contributed by atoms with Crippen molar-refractivity contribution in [3.63, 3.8) is 0 Å². The average molecular weight is 261 g/mol. The van der Waals surface area contributed by atoms with Crippen LogP contribution in [0.2, 0.25) is 0 Å². The molecular weight excluding hydrogens is 238 g/mol. The van der Waals surface area contributed by atoms with Crippen molar-refractivity contribution < 1.29 is 4.79 Å². The minimum absolute atomic E-state index is 0.0236. The minimum atomic E-state index is 0.0236. The third-order valence-electron chi connectivity index (χ3n) is 3.64. The lowest BCUT2D eigenvalue weighted by molar-refractivity contribution is 0.245. The summed E-state index contributed by atoms with van der Waals surface area (Å²) in [6, 6.07) is 8.51. The lowest BCUT2D eigenvalue weighted by Gasteiger charge is -2.34. The summed E-state index contributed by atoms with van der Waals surface area (Å²) in [5.74, 6) is 0. The molecule has 0 fully saturated rings. The molecule has 2 rings (SSSR count). The molecule has 0 radical (unpaired) electrons. The van der Waals surface area contributed by atoms with Crippen molar-refractivity contribution in [2.24, 2.45) is 0 Å². The summed E-state index contributed by atoms with van der Waals surface area (Å²) in [6.45, 7) is 3.64. The van der Waals surface area contributed by atoms with E-state index in [2.05, 4.69) is 23.6 Å². The first-order valence-electron chi connectivity index (χ1n) is 7.09. The van der Waals surface area contributed by atoms with Crippen LogP contribution in [-0.2, 0) is 0 Å². The van der Waals surface area contributed by atoms with Gasteiger partial charge in [-0.15, -0.1) is 0 Å². The van der Waals surface area contributed by atoms with Crippen molar-refractivity contribution in [1.82, 2.24) is 10.6 Å². The van der Waals surface area contributed by atoms with E-state index in [-0.39, 0.29) is 6.03 Å². The number of carbonyl (C=O) groups excluding carboxylic acids is 1. The number of para-hydroxylation sites is 1. The van der Waals surface area contributed by atoms with E-state index in [0.29, 0.717) is 6.04 Å². The van der Waals surface area contributed by atoms with Gasteiger partial charge < -0.3 is 10.6 Å². The number of nitrogens with zero attached hydrogens (tertiary/aromatic N) is 1. The lowest BCUT2D eigenvalue weighted by atomic mass is 9.97. The maximum Gasteiger partial charge on any atom is 0.321 e. The van der Waals surface area contributed by atoms with Gasteiger partial charge in [-0.3, -0.25) is 4.90 Å². The van der Waals surface area contributed by atoms with E-state index < -0.39 is 0 Å². The summed E-state index contributed by atoms with van der Waals surface area (Å²) in [5, 5.41) is 6.31. The summed E-state index contributed by atoms with van der Waals surface area (Å²) in [7, 11) is 1.97. The first-order valence-corrected chi connectivity index (χ1v) is 7.09. The van der Waals surface area contributed by atoms with Crippen LogP contribution < -0.4 is 15.5 Å². The fourth-order valence-electron chi connectivity index (χ4n) is 2.54. The molecule has 0 bridgehead atoms. The normalized spacial score (nSPS) is 18.0. The second kappa shape index (κ2) is 6.57. The number of hydrogen-bond acceptors (Lipinski definition) is 2. The molecule has 1 aromatic rings. The number of nitrogens with one attached hydrogen (secondary N) is 2. The smallest absolute Gasteiger partial charge is 0.321 e. The Bertz CT molecular complexity index is 433. The van der Waals surface area contributed by atoms with Crippen LogP contribution in [0.25, 0.3) is 0 Å². The second-order valence-corrected chi connectivity index (χ2v) is 4.93. The van der Waals surface area contributed by atoms with Crippen LogP contribution in [0.1, 0.15) is 37.8 Å². The zero-order valence-corrected chi connectivity index (χ0v) is 11.8. The van der Waals surface area contributed by atoms with E-state index in [1.165, 1.54) is 5.56 Å². The lowest BCUT2D eigenvalue weighted by Crippen LogP contribution is -2.45. The van der Waals surface area contributed by atoms with Gasteiger partial charge in [-0.1, -0.05) is 31.5 Å². The minimum Gasteiger partial charge on any atom is -0.338 e. The highest BCUT2D eigenvalue weighted by Gasteiger charge is 2.27. The number of unbranched alkanes of at least 4 members (excludes halogenated alkanes) is 1. The van der Waals surface area contributed by atoms with E-state index >= 15 is 0 Å². The van der Waals surface area contributed by atoms with Gasteiger partial charge in [-0.25, -0.2) is 4.79 Å². The Hall–Kier alpha value is -1.55. The Kier molecular flexibility index (Phi) is 4.80. The molecule has 0 spiro atoms. The zero-order valence-electron chi connectivity index (χ0n) is 11.8. The molecule has 0 saturated heterocycles. The first kappa shape index (κ1) is 13.9. The van der Waals surface area contributed by atoms with E-state index in [1.807, 2.05) is 30.1 Å². The number of anilines is 1. The molecule has 104 valence electrons. The van der Waals surface area contributed by atoms with Gasteiger partial charge in [-0.2, -0.15) is 0 Å². The zero-order chi connectivity index (χ0) is 13.7. The van der Waals surface area contributed by atoms with Crippen LogP contribution >= 0.6 is 0 Å². The van der Waals surface area contributed by atoms with Crippen molar-refractivity contribution >= 4 is 11.7 Å². The van der Waals surface area contributed by atoms with Gasteiger partial charge >= 0.3 is 6.03 Å². The van der Waals surface area contributed by atoms with E-state index in [4.69, 9.17) is 0 Å². The maximum absolute atomic E-state index is 12.2. The molecule has 1 heterocycles. The average Bonchev–Trinajstić information content (AvgIpc) is 2.46. The molecule has 19 heavy (non-hydrogen) atoms. The summed E-state index contributed by atoms with van der Waals surface area (Å²) < 4.78 is 0.